The SMILES string of the molecule is Cc1cc(C)nc(N2CCC3(CC2)C(=O)N(CC2CON=C2c2ccccc2)CCC2CC23)n1. The van der Waals surface area contributed by atoms with E-state index in [4.69, 9.17) is 4.84 Å². The molecule has 1 spiro atoms. The van der Waals surface area contributed by atoms with Crippen LogP contribution < -0.4 is 4.90 Å². The number of aromatic nitrogens is 2. The third-order valence-electron chi connectivity index (χ3n) is 8.36. The number of nitrogens with zero attached hydrogens (tertiary/aromatic N) is 5. The van der Waals surface area contributed by atoms with Crippen LogP contribution in [0.25, 0.3) is 0 Å². The number of carbonyl (C=O) groups excluding carboxylic acids is 1. The van der Waals surface area contributed by atoms with Crippen LogP contribution in [0.2, 0.25) is 0 Å². The second-order valence-electron chi connectivity index (χ2n) is 10.6. The summed E-state index contributed by atoms with van der Waals surface area (Å²) in [6.45, 7) is 7.81. The molecular formula is C27H33N5O2. The Bertz CT molecular complexity index is 1090. The minimum absolute atomic E-state index is 0.126. The van der Waals surface area contributed by atoms with E-state index in [2.05, 4.69) is 37.1 Å². The minimum atomic E-state index is -0.236. The molecule has 1 saturated carbocycles. The number of likely N-dealkylation sites (tertiary alicyclic amines) is 1. The molecule has 4 aliphatic rings. The lowest BCUT2D eigenvalue weighted by molar-refractivity contribution is -0.144. The Hall–Kier alpha value is -2.96. The summed E-state index contributed by atoms with van der Waals surface area (Å²) < 4.78 is 0. The van der Waals surface area contributed by atoms with Gasteiger partial charge in [0.05, 0.1) is 17.0 Å². The normalized spacial score (nSPS) is 27.8. The van der Waals surface area contributed by atoms with Crippen molar-refractivity contribution < 1.29 is 9.63 Å². The van der Waals surface area contributed by atoms with Crippen LogP contribution in [0.4, 0.5) is 5.95 Å². The smallest absolute Gasteiger partial charge is 0.229 e. The van der Waals surface area contributed by atoms with E-state index in [1.807, 2.05) is 38.1 Å². The summed E-state index contributed by atoms with van der Waals surface area (Å²) in [7, 11) is 0. The summed E-state index contributed by atoms with van der Waals surface area (Å²) in [4.78, 5) is 33.4. The van der Waals surface area contributed by atoms with Crippen molar-refractivity contribution >= 4 is 17.6 Å². The predicted octanol–water partition coefficient (Wildman–Crippen LogP) is 3.60. The van der Waals surface area contributed by atoms with E-state index >= 15 is 0 Å². The highest BCUT2D eigenvalue weighted by Gasteiger charge is 2.60. The summed E-state index contributed by atoms with van der Waals surface area (Å²) in [5.74, 6) is 2.53. The van der Waals surface area contributed by atoms with Gasteiger partial charge in [-0.2, -0.15) is 0 Å². The summed E-state index contributed by atoms with van der Waals surface area (Å²) in [5, 5.41) is 4.34. The third-order valence-corrected chi connectivity index (χ3v) is 8.36. The van der Waals surface area contributed by atoms with Gasteiger partial charge in [-0.1, -0.05) is 35.5 Å². The van der Waals surface area contributed by atoms with Crippen LogP contribution in [0, 0.1) is 37.0 Å². The molecule has 7 heteroatoms. The maximum atomic E-state index is 14.1. The van der Waals surface area contributed by atoms with Crippen molar-refractivity contribution in [1.82, 2.24) is 14.9 Å². The van der Waals surface area contributed by atoms with E-state index in [1.165, 1.54) is 6.42 Å². The lowest BCUT2D eigenvalue weighted by atomic mass is 9.72. The zero-order chi connectivity index (χ0) is 23.3. The Morgan fingerprint density at radius 2 is 1.79 bits per heavy atom. The maximum Gasteiger partial charge on any atom is 0.229 e. The van der Waals surface area contributed by atoms with Crippen LogP contribution in [-0.4, -0.2) is 59.3 Å². The Labute approximate surface area is 201 Å². The second kappa shape index (κ2) is 8.36. The van der Waals surface area contributed by atoms with Gasteiger partial charge in [0, 0.05) is 37.6 Å². The molecule has 1 aliphatic carbocycles. The quantitative estimate of drug-likeness (QED) is 0.699. The van der Waals surface area contributed by atoms with E-state index in [-0.39, 0.29) is 11.3 Å². The summed E-state index contributed by atoms with van der Waals surface area (Å²) in [6.07, 6.45) is 4.11. The number of benzene rings is 1. The Kier molecular flexibility index (Phi) is 5.30. The van der Waals surface area contributed by atoms with Crippen LogP contribution in [0.15, 0.2) is 41.6 Å². The highest BCUT2D eigenvalue weighted by atomic mass is 16.6. The number of piperidine rings is 1. The topological polar surface area (TPSA) is 70.9 Å². The molecule has 3 atom stereocenters. The van der Waals surface area contributed by atoms with Gasteiger partial charge in [0.15, 0.2) is 0 Å². The van der Waals surface area contributed by atoms with Crippen LogP contribution in [-0.2, 0) is 9.63 Å². The zero-order valence-electron chi connectivity index (χ0n) is 20.1. The van der Waals surface area contributed by atoms with Crippen molar-refractivity contribution in [2.24, 2.45) is 28.3 Å². The summed E-state index contributed by atoms with van der Waals surface area (Å²) in [5.41, 5.74) is 3.82. The van der Waals surface area contributed by atoms with Gasteiger partial charge in [-0.15, -0.1) is 0 Å². The average molecular weight is 460 g/mol. The minimum Gasteiger partial charge on any atom is -0.395 e. The second-order valence-corrected chi connectivity index (χ2v) is 10.6. The van der Waals surface area contributed by atoms with E-state index in [0.29, 0.717) is 30.9 Å². The Morgan fingerprint density at radius 3 is 2.53 bits per heavy atom. The molecular weight excluding hydrogens is 426 g/mol. The fourth-order valence-electron chi connectivity index (χ4n) is 6.51. The number of hydrogen-bond donors (Lipinski definition) is 0. The van der Waals surface area contributed by atoms with Crippen molar-refractivity contribution in [1.29, 1.82) is 0 Å². The highest BCUT2D eigenvalue weighted by molar-refractivity contribution is 6.03. The predicted molar refractivity (Wildman–Crippen MR) is 131 cm³/mol. The van der Waals surface area contributed by atoms with Gasteiger partial charge in [-0.3, -0.25) is 4.79 Å². The standard InChI is InChI=1S/C27H33N5O2/c1-18-14-19(2)29-26(28-18)31-12-9-27(10-13-31)23-15-21(23)8-11-32(25(27)33)16-22-17-34-30-24(22)20-6-4-3-5-7-20/h3-7,14,21-23H,8-13,15-17H2,1-2H3. The first-order chi connectivity index (χ1) is 16.5. The molecule has 0 N–H and O–H groups in total. The Morgan fingerprint density at radius 1 is 1.06 bits per heavy atom. The number of hydrogen-bond acceptors (Lipinski definition) is 6. The van der Waals surface area contributed by atoms with Crippen LogP contribution >= 0.6 is 0 Å². The third kappa shape index (κ3) is 3.75. The number of fused-ring (bicyclic) bond motifs is 2. The molecule has 7 nitrogen and oxygen atoms in total. The molecule has 2 saturated heterocycles. The van der Waals surface area contributed by atoms with E-state index in [0.717, 1.165) is 67.5 Å². The van der Waals surface area contributed by atoms with Crippen molar-refractivity contribution in [2.75, 3.05) is 37.7 Å². The number of amides is 1. The largest absolute Gasteiger partial charge is 0.395 e. The average Bonchev–Trinajstić information content (AvgIpc) is 3.50. The molecule has 34 heavy (non-hydrogen) atoms. The van der Waals surface area contributed by atoms with E-state index in [1.54, 1.807) is 0 Å². The summed E-state index contributed by atoms with van der Waals surface area (Å²) in [6, 6.07) is 12.2. The van der Waals surface area contributed by atoms with Gasteiger partial charge < -0.3 is 14.6 Å². The molecule has 6 rings (SSSR count). The van der Waals surface area contributed by atoms with E-state index < -0.39 is 0 Å². The molecule has 1 aromatic carbocycles. The molecule has 4 heterocycles. The molecule has 3 aliphatic heterocycles. The molecule has 1 amide bonds. The summed E-state index contributed by atoms with van der Waals surface area (Å²) >= 11 is 0. The zero-order valence-corrected chi connectivity index (χ0v) is 20.1. The first kappa shape index (κ1) is 21.6. The number of aryl methyl sites for hydroxylation is 2. The molecule has 0 radical (unpaired) electrons. The van der Waals surface area contributed by atoms with Crippen molar-refractivity contribution in [3.05, 3.63) is 53.3 Å². The molecule has 3 fully saturated rings. The van der Waals surface area contributed by atoms with Crippen LogP contribution in [0.3, 0.4) is 0 Å². The fraction of sp³-hybridized carbons (Fsp3) is 0.556. The van der Waals surface area contributed by atoms with Gasteiger partial charge in [-0.05, 0) is 63.0 Å². The molecule has 0 bridgehead atoms. The lowest BCUT2D eigenvalue weighted by Crippen LogP contribution is -2.52. The van der Waals surface area contributed by atoms with E-state index in [9.17, 15) is 4.79 Å². The molecule has 1 aromatic heterocycles. The van der Waals surface area contributed by atoms with Gasteiger partial charge >= 0.3 is 0 Å². The van der Waals surface area contributed by atoms with Crippen LogP contribution in [0.1, 0.15) is 42.6 Å². The molecule has 178 valence electrons. The monoisotopic (exact) mass is 459 g/mol. The number of carbonyl (C=O) groups is 1. The first-order valence-electron chi connectivity index (χ1n) is 12.7. The van der Waals surface area contributed by atoms with Gasteiger partial charge in [0.25, 0.3) is 0 Å². The highest BCUT2D eigenvalue weighted by Crippen LogP contribution is 2.59. The van der Waals surface area contributed by atoms with Gasteiger partial charge in [0.1, 0.15) is 6.61 Å². The van der Waals surface area contributed by atoms with Gasteiger partial charge in [-0.25, -0.2) is 9.97 Å². The van der Waals surface area contributed by atoms with Gasteiger partial charge in [0.2, 0.25) is 11.9 Å². The Balaban J connectivity index is 1.19. The molecule has 3 unspecified atom stereocenters. The number of oxime groups is 1. The van der Waals surface area contributed by atoms with Crippen molar-refractivity contribution in [3.8, 4) is 0 Å². The van der Waals surface area contributed by atoms with Crippen molar-refractivity contribution in [3.63, 3.8) is 0 Å². The first-order valence-corrected chi connectivity index (χ1v) is 12.7. The number of rotatable bonds is 4. The van der Waals surface area contributed by atoms with Crippen LogP contribution in [0.5, 0.6) is 0 Å². The lowest BCUT2D eigenvalue weighted by Gasteiger charge is -2.43. The molecule has 2 aromatic rings. The maximum absolute atomic E-state index is 14.1. The van der Waals surface area contributed by atoms with Crippen molar-refractivity contribution in [2.45, 2.75) is 39.5 Å². The fourth-order valence-corrected chi connectivity index (χ4v) is 6.51. The number of anilines is 1.